The molecule has 35 heavy (non-hydrogen) atoms. The summed E-state index contributed by atoms with van der Waals surface area (Å²) < 4.78 is 28.8. The predicted octanol–water partition coefficient (Wildman–Crippen LogP) is 5.41. The van der Waals surface area contributed by atoms with Gasteiger partial charge in [-0.2, -0.15) is 0 Å². The van der Waals surface area contributed by atoms with Crippen LogP contribution in [0.3, 0.4) is 0 Å². The molecule has 7 nitrogen and oxygen atoms in total. The second-order valence-electron chi connectivity index (χ2n) is 11.9. The van der Waals surface area contributed by atoms with Crippen LogP contribution in [-0.2, 0) is 14.8 Å². The highest BCUT2D eigenvalue weighted by Crippen LogP contribution is 2.66. The first kappa shape index (κ1) is 24.6. The van der Waals surface area contributed by atoms with Gasteiger partial charge in [-0.05, 0) is 92.9 Å². The number of hydrogen-bond acceptors (Lipinski definition) is 5. The molecule has 1 aromatic rings. The Bertz CT molecular complexity index is 1190. The van der Waals surface area contributed by atoms with E-state index in [1.165, 1.54) is 23.8 Å². The van der Waals surface area contributed by atoms with Crippen molar-refractivity contribution in [1.29, 1.82) is 0 Å². The van der Waals surface area contributed by atoms with Crippen LogP contribution in [-0.4, -0.2) is 25.2 Å². The van der Waals surface area contributed by atoms with E-state index in [1.54, 1.807) is 6.92 Å². The van der Waals surface area contributed by atoms with Gasteiger partial charge >= 0.3 is 0 Å². The van der Waals surface area contributed by atoms with Crippen molar-refractivity contribution in [3.63, 3.8) is 0 Å². The Morgan fingerprint density at radius 3 is 2.60 bits per heavy atom. The minimum absolute atomic E-state index is 0.0643. The minimum Gasteiger partial charge on any atom is -0.300 e. The average Bonchev–Trinajstić information content (AvgIpc) is 3.17. The van der Waals surface area contributed by atoms with Gasteiger partial charge < -0.3 is 0 Å². The Labute approximate surface area is 208 Å². The summed E-state index contributed by atoms with van der Waals surface area (Å²) in [5.74, 6) is 2.33. The molecule has 1 aromatic carbocycles. The van der Waals surface area contributed by atoms with E-state index < -0.39 is 14.9 Å². The van der Waals surface area contributed by atoms with E-state index in [1.807, 2.05) is 0 Å². The zero-order valence-corrected chi connectivity index (χ0v) is 21.6. The first-order chi connectivity index (χ1) is 16.5. The second kappa shape index (κ2) is 8.51. The molecule has 8 heteroatoms. The van der Waals surface area contributed by atoms with Gasteiger partial charge in [-0.1, -0.05) is 31.6 Å². The van der Waals surface area contributed by atoms with Crippen molar-refractivity contribution in [2.24, 2.45) is 34.5 Å². The van der Waals surface area contributed by atoms with E-state index in [4.69, 9.17) is 0 Å². The number of nitro benzene ring substituents is 1. The van der Waals surface area contributed by atoms with Gasteiger partial charge in [0.1, 0.15) is 5.78 Å². The molecule has 0 bridgehead atoms. The number of fused-ring (bicyclic) bond motifs is 5. The fourth-order valence-electron chi connectivity index (χ4n) is 8.48. The summed E-state index contributed by atoms with van der Waals surface area (Å²) in [4.78, 5) is 22.8. The second-order valence-corrected chi connectivity index (χ2v) is 13.6. The number of hydrogen-bond donors (Lipinski definition) is 1. The number of Topliss-reactive ketones (excluding diaryl/α,β-unsaturated/α-hetero) is 1. The van der Waals surface area contributed by atoms with E-state index in [0.717, 1.165) is 51.0 Å². The van der Waals surface area contributed by atoms with Crippen LogP contribution in [0.5, 0.6) is 0 Å². The standard InChI is InChI=1S/C27H36N2O5S/c1-17(30)23-9-10-24-22-8-7-18-15-19(11-13-26(18,2)25(22)12-14-27(23,24)3)28-35(33,34)21-6-4-5-20(16-21)29(31)32/h4-7,16,19,22-25,28H,8-15H2,1-3H3/t19-,22-,23+,24-,25-,26-,27+/m0/s1. The number of nitro groups is 1. The van der Waals surface area contributed by atoms with Crippen molar-refractivity contribution in [1.82, 2.24) is 4.72 Å². The highest BCUT2D eigenvalue weighted by Gasteiger charge is 2.59. The van der Waals surface area contributed by atoms with Gasteiger partial charge in [0, 0.05) is 24.1 Å². The van der Waals surface area contributed by atoms with Gasteiger partial charge in [0.2, 0.25) is 10.0 Å². The van der Waals surface area contributed by atoms with Crippen LogP contribution < -0.4 is 4.72 Å². The normalized spacial score (nSPS) is 38.6. The molecule has 4 aliphatic carbocycles. The SMILES string of the molecule is CC(=O)[C@H]1CC[C@H]2[C@@H]3CC=C4C[C@@H](NS(=O)(=O)c5cccc([N+](=O)[O-])c5)CC[C@]4(C)[C@H]3CC[C@]12C. The molecule has 1 N–H and O–H groups in total. The molecule has 0 heterocycles. The molecule has 0 unspecified atom stereocenters. The summed E-state index contributed by atoms with van der Waals surface area (Å²) in [6.07, 6.45) is 10.2. The quantitative estimate of drug-likeness (QED) is 0.330. The van der Waals surface area contributed by atoms with E-state index in [0.29, 0.717) is 30.0 Å². The summed E-state index contributed by atoms with van der Waals surface area (Å²) in [5.41, 5.74) is 1.33. The smallest absolute Gasteiger partial charge is 0.270 e. The van der Waals surface area contributed by atoms with Crippen LogP contribution in [0.2, 0.25) is 0 Å². The molecule has 7 atom stereocenters. The summed E-state index contributed by atoms with van der Waals surface area (Å²) in [7, 11) is -3.84. The number of sulfonamides is 1. The topological polar surface area (TPSA) is 106 Å². The maximum absolute atomic E-state index is 13.0. The van der Waals surface area contributed by atoms with Gasteiger partial charge in [-0.25, -0.2) is 13.1 Å². The Hall–Kier alpha value is -2.06. The zero-order chi connectivity index (χ0) is 25.2. The van der Waals surface area contributed by atoms with E-state index in [-0.39, 0.29) is 33.4 Å². The van der Waals surface area contributed by atoms with Gasteiger partial charge in [0.15, 0.2) is 0 Å². The van der Waals surface area contributed by atoms with Crippen molar-refractivity contribution in [2.45, 2.75) is 83.1 Å². The number of ketones is 1. The highest BCUT2D eigenvalue weighted by atomic mass is 32.2. The molecule has 5 rings (SSSR count). The number of benzene rings is 1. The van der Waals surface area contributed by atoms with Crippen LogP contribution in [0, 0.1) is 44.6 Å². The highest BCUT2D eigenvalue weighted by molar-refractivity contribution is 7.89. The van der Waals surface area contributed by atoms with Crippen LogP contribution in [0.25, 0.3) is 0 Å². The predicted molar refractivity (Wildman–Crippen MR) is 133 cm³/mol. The fraction of sp³-hybridized carbons (Fsp3) is 0.667. The van der Waals surface area contributed by atoms with E-state index in [2.05, 4.69) is 24.6 Å². The van der Waals surface area contributed by atoms with Crippen molar-refractivity contribution in [3.05, 3.63) is 46.0 Å². The van der Waals surface area contributed by atoms with Crippen LogP contribution in [0.15, 0.2) is 40.8 Å². The summed E-state index contributed by atoms with van der Waals surface area (Å²) >= 11 is 0. The van der Waals surface area contributed by atoms with Gasteiger partial charge in [0.25, 0.3) is 5.69 Å². The molecule has 0 saturated heterocycles. The number of rotatable bonds is 5. The van der Waals surface area contributed by atoms with Gasteiger partial charge in [-0.15, -0.1) is 0 Å². The summed E-state index contributed by atoms with van der Waals surface area (Å²) in [5, 5.41) is 11.1. The van der Waals surface area contributed by atoms with Crippen molar-refractivity contribution in [2.75, 3.05) is 0 Å². The zero-order valence-electron chi connectivity index (χ0n) is 20.8. The first-order valence-corrected chi connectivity index (χ1v) is 14.4. The Morgan fingerprint density at radius 2 is 1.89 bits per heavy atom. The molecule has 3 fully saturated rings. The number of allylic oxidation sites excluding steroid dienone is 1. The molecular formula is C27H36N2O5S. The lowest BCUT2D eigenvalue weighted by Gasteiger charge is -2.58. The maximum Gasteiger partial charge on any atom is 0.270 e. The van der Waals surface area contributed by atoms with Gasteiger partial charge in [-0.3, -0.25) is 14.9 Å². The lowest BCUT2D eigenvalue weighted by Crippen LogP contribution is -2.52. The largest absolute Gasteiger partial charge is 0.300 e. The van der Waals surface area contributed by atoms with Crippen molar-refractivity contribution < 1.29 is 18.1 Å². The molecule has 190 valence electrons. The van der Waals surface area contributed by atoms with Crippen molar-refractivity contribution in [3.8, 4) is 0 Å². The number of nitrogens with one attached hydrogen (secondary N) is 1. The lowest BCUT2D eigenvalue weighted by molar-refractivity contribution is -0.385. The first-order valence-electron chi connectivity index (χ1n) is 12.9. The third-order valence-corrected chi connectivity index (χ3v) is 11.8. The summed E-state index contributed by atoms with van der Waals surface area (Å²) in [6.45, 7) is 6.50. The average molecular weight is 501 g/mol. The molecule has 0 amide bonds. The fourth-order valence-corrected chi connectivity index (χ4v) is 9.79. The Balaban J connectivity index is 1.34. The van der Waals surface area contributed by atoms with Crippen LogP contribution in [0.1, 0.15) is 72.1 Å². The molecule has 0 radical (unpaired) electrons. The molecular weight excluding hydrogens is 464 g/mol. The van der Waals surface area contributed by atoms with Gasteiger partial charge in [0.05, 0.1) is 9.82 Å². The summed E-state index contributed by atoms with van der Waals surface area (Å²) in [6, 6.07) is 5.02. The van der Waals surface area contributed by atoms with E-state index in [9.17, 15) is 23.3 Å². The number of carbonyl (C=O) groups excluding carboxylic acids is 1. The monoisotopic (exact) mass is 500 g/mol. The Kier molecular flexibility index (Phi) is 5.99. The number of nitrogens with zero attached hydrogens (tertiary/aromatic N) is 1. The molecule has 4 aliphatic rings. The van der Waals surface area contributed by atoms with E-state index >= 15 is 0 Å². The Morgan fingerprint density at radius 1 is 1.11 bits per heavy atom. The minimum atomic E-state index is -3.84. The van der Waals surface area contributed by atoms with Crippen LogP contribution in [0.4, 0.5) is 5.69 Å². The molecule has 0 aliphatic heterocycles. The molecule has 0 aromatic heterocycles. The van der Waals surface area contributed by atoms with Crippen molar-refractivity contribution >= 4 is 21.5 Å². The number of non-ortho nitro benzene ring substituents is 1. The maximum atomic E-state index is 13.0. The van der Waals surface area contributed by atoms with Crippen LogP contribution >= 0.6 is 0 Å². The third kappa shape index (κ3) is 3.97. The molecule has 0 spiro atoms. The lowest BCUT2D eigenvalue weighted by atomic mass is 9.47. The number of carbonyl (C=O) groups is 1. The molecule has 3 saturated carbocycles. The third-order valence-electron chi connectivity index (χ3n) is 10.3.